The molecule has 6 heteroatoms. The van der Waals surface area contributed by atoms with Gasteiger partial charge in [0.15, 0.2) is 0 Å². The quantitative estimate of drug-likeness (QED) is 0.267. The van der Waals surface area contributed by atoms with Gasteiger partial charge in [-0.1, -0.05) is 29.7 Å². The SMILES string of the molecule is C#CCOc1ccc([N+](=O)[O-])cc1/C=C(\C#N)c1ccc(Cl)cc1. The lowest BCUT2D eigenvalue weighted by molar-refractivity contribution is -0.384. The summed E-state index contributed by atoms with van der Waals surface area (Å²) in [5.74, 6) is 2.69. The number of hydrogen-bond acceptors (Lipinski definition) is 4. The molecule has 0 heterocycles. The van der Waals surface area contributed by atoms with Gasteiger partial charge in [0, 0.05) is 22.7 Å². The van der Waals surface area contributed by atoms with Gasteiger partial charge in [-0.2, -0.15) is 5.26 Å². The maximum Gasteiger partial charge on any atom is 0.270 e. The van der Waals surface area contributed by atoms with E-state index in [2.05, 4.69) is 12.0 Å². The molecule has 0 saturated carbocycles. The molecule has 0 aromatic heterocycles. The van der Waals surface area contributed by atoms with Crippen LogP contribution in [0.3, 0.4) is 0 Å². The lowest BCUT2D eigenvalue weighted by Crippen LogP contribution is -1.97. The zero-order chi connectivity index (χ0) is 17.5. The van der Waals surface area contributed by atoms with Gasteiger partial charge in [-0.05, 0) is 29.8 Å². The Morgan fingerprint density at radius 2 is 2.04 bits per heavy atom. The van der Waals surface area contributed by atoms with Crippen molar-refractivity contribution in [3.63, 3.8) is 0 Å². The smallest absolute Gasteiger partial charge is 0.270 e. The van der Waals surface area contributed by atoms with E-state index in [1.54, 1.807) is 24.3 Å². The van der Waals surface area contributed by atoms with Crippen molar-refractivity contribution in [3.8, 4) is 24.2 Å². The van der Waals surface area contributed by atoms with Crippen LogP contribution in [-0.2, 0) is 0 Å². The number of hydrogen-bond donors (Lipinski definition) is 0. The van der Waals surface area contributed by atoms with Crippen LogP contribution in [0.4, 0.5) is 5.69 Å². The first-order chi connectivity index (χ1) is 11.5. The minimum absolute atomic E-state index is 0.0154. The Kier molecular flexibility index (Phi) is 5.57. The van der Waals surface area contributed by atoms with E-state index in [1.165, 1.54) is 24.3 Å². The van der Waals surface area contributed by atoms with Crippen molar-refractivity contribution in [2.24, 2.45) is 0 Å². The largest absolute Gasteiger partial charge is 0.480 e. The molecule has 0 unspecified atom stereocenters. The highest BCUT2D eigenvalue weighted by atomic mass is 35.5. The van der Waals surface area contributed by atoms with E-state index >= 15 is 0 Å². The topological polar surface area (TPSA) is 76.2 Å². The molecule has 0 aliphatic heterocycles. The Morgan fingerprint density at radius 1 is 1.33 bits per heavy atom. The Balaban J connectivity index is 2.52. The van der Waals surface area contributed by atoms with E-state index in [0.717, 1.165) is 0 Å². The first-order valence-corrected chi connectivity index (χ1v) is 7.15. The monoisotopic (exact) mass is 338 g/mol. The van der Waals surface area contributed by atoms with Gasteiger partial charge in [0.1, 0.15) is 12.4 Å². The third kappa shape index (κ3) is 4.13. The van der Waals surface area contributed by atoms with Gasteiger partial charge < -0.3 is 4.74 Å². The van der Waals surface area contributed by atoms with Crippen LogP contribution < -0.4 is 4.74 Å². The molecular formula is C18H11ClN2O3. The van der Waals surface area contributed by atoms with E-state index in [1.807, 2.05) is 0 Å². The van der Waals surface area contributed by atoms with Gasteiger partial charge in [0.25, 0.3) is 5.69 Å². The molecule has 0 N–H and O–H groups in total. The molecule has 118 valence electrons. The summed E-state index contributed by atoms with van der Waals surface area (Å²) in [5, 5.41) is 20.9. The van der Waals surface area contributed by atoms with Gasteiger partial charge in [0.05, 0.1) is 16.6 Å². The lowest BCUT2D eigenvalue weighted by Gasteiger charge is -2.07. The first kappa shape index (κ1) is 17.1. The fraction of sp³-hybridized carbons (Fsp3) is 0.0556. The number of nitriles is 1. The highest BCUT2D eigenvalue weighted by Gasteiger charge is 2.12. The number of ether oxygens (including phenoxy) is 1. The number of terminal acetylenes is 1. The van der Waals surface area contributed by atoms with Gasteiger partial charge in [-0.3, -0.25) is 10.1 Å². The van der Waals surface area contributed by atoms with Gasteiger partial charge in [0.2, 0.25) is 0 Å². The van der Waals surface area contributed by atoms with E-state index in [0.29, 0.717) is 27.5 Å². The molecule has 0 bridgehead atoms. The summed E-state index contributed by atoms with van der Waals surface area (Å²) in [6.45, 7) is 0.0154. The Labute approximate surface area is 143 Å². The van der Waals surface area contributed by atoms with Gasteiger partial charge in [-0.15, -0.1) is 6.42 Å². The number of rotatable bonds is 5. The second-order valence-corrected chi connectivity index (χ2v) is 5.09. The van der Waals surface area contributed by atoms with Crippen LogP contribution in [-0.4, -0.2) is 11.5 Å². The predicted molar refractivity (Wildman–Crippen MR) is 92.4 cm³/mol. The van der Waals surface area contributed by atoms with Crippen molar-refractivity contribution in [1.29, 1.82) is 5.26 Å². The third-order valence-electron chi connectivity index (χ3n) is 3.09. The van der Waals surface area contributed by atoms with Crippen molar-refractivity contribution < 1.29 is 9.66 Å². The zero-order valence-corrected chi connectivity index (χ0v) is 13.2. The van der Waals surface area contributed by atoms with Crippen molar-refractivity contribution in [2.75, 3.05) is 6.61 Å². The Hall–Kier alpha value is -3.28. The molecule has 2 aromatic rings. The maximum absolute atomic E-state index is 11.0. The molecule has 0 aliphatic carbocycles. The first-order valence-electron chi connectivity index (χ1n) is 6.77. The number of benzene rings is 2. The van der Waals surface area contributed by atoms with Crippen molar-refractivity contribution in [2.45, 2.75) is 0 Å². The number of nitro benzene ring substituents is 1. The van der Waals surface area contributed by atoms with Crippen LogP contribution in [0.2, 0.25) is 5.02 Å². The molecule has 0 saturated heterocycles. The average Bonchev–Trinajstić information content (AvgIpc) is 2.59. The fourth-order valence-corrected chi connectivity index (χ4v) is 2.10. The predicted octanol–water partition coefficient (Wildman–Crippen LogP) is 4.32. The summed E-state index contributed by atoms with van der Waals surface area (Å²) >= 11 is 5.84. The second-order valence-electron chi connectivity index (χ2n) is 4.65. The van der Waals surface area contributed by atoms with Crippen molar-refractivity contribution in [1.82, 2.24) is 0 Å². The van der Waals surface area contributed by atoms with Gasteiger partial charge >= 0.3 is 0 Å². The van der Waals surface area contributed by atoms with Crippen LogP contribution in [0.25, 0.3) is 11.6 Å². The number of nitrogens with zero attached hydrogens (tertiary/aromatic N) is 2. The number of nitro groups is 1. The van der Waals surface area contributed by atoms with Crippen LogP contribution in [0.1, 0.15) is 11.1 Å². The van der Waals surface area contributed by atoms with Crippen LogP contribution >= 0.6 is 11.6 Å². The normalized spacial score (nSPS) is 10.5. The summed E-state index contributed by atoms with van der Waals surface area (Å²) in [6, 6.07) is 12.9. The molecule has 0 fully saturated rings. The third-order valence-corrected chi connectivity index (χ3v) is 3.34. The molecule has 0 aliphatic rings. The number of non-ortho nitro benzene ring substituents is 1. The van der Waals surface area contributed by atoms with Crippen molar-refractivity contribution >= 4 is 28.9 Å². The molecule has 24 heavy (non-hydrogen) atoms. The van der Waals surface area contributed by atoms with Crippen LogP contribution in [0.15, 0.2) is 42.5 Å². The summed E-state index contributed by atoms with van der Waals surface area (Å²) in [7, 11) is 0. The molecule has 2 aromatic carbocycles. The summed E-state index contributed by atoms with van der Waals surface area (Å²) in [6.07, 6.45) is 6.69. The van der Waals surface area contributed by atoms with Gasteiger partial charge in [-0.25, -0.2) is 0 Å². The van der Waals surface area contributed by atoms with E-state index in [4.69, 9.17) is 22.8 Å². The average molecular weight is 339 g/mol. The Bertz CT molecular complexity index is 875. The highest BCUT2D eigenvalue weighted by Crippen LogP contribution is 2.29. The fourth-order valence-electron chi connectivity index (χ4n) is 1.98. The summed E-state index contributed by atoms with van der Waals surface area (Å²) < 4.78 is 5.39. The minimum Gasteiger partial charge on any atom is -0.480 e. The zero-order valence-electron chi connectivity index (χ0n) is 12.4. The summed E-state index contributed by atoms with van der Waals surface area (Å²) in [5.41, 5.74) is 1.24. The van der Waals surface area contributed by atoms with Crippen LogP contribution in [0.5, 0.6) is 5.75 Å². The van der Waals surface area contributed by atoms with Crippen molar-refractivity contribution in [3.05, 3.63) is 68.7 Å². The second kappa shape index (κ2) is 7.82. The molecular weight excluding hydrogens is 328 g/mol. The molecule has 0 radical (unpaired) electrons. The number of halogens is 1. The van der Waals surface area contributed by atoms with E-state index in [-0.39, 0.29) is 12.3 Å². The standard InChI is InChI=1S/C18H11ClN2O3/c1-2-9-24-18-8-7-17(21(22)23)11-14(18)10-15(12-20)13-3-5-16(19)6-4-13/h1,3-8,10-11H,9H2/b15-10+. The molecule has 0 amide bonds. The molecule has 2 rings (SSSR count). The maximum atomic E-state index is 11.0. The van der Waals surface area contributed by atoms with E-state index < -0.39 is 4.92 Å². The highest BCUT2D eigenvalue weighted by molar-refractivity contribution is 6.30. The minimum atomic E-state index is -0.517. The van der Waals surface area contributed by atoms with E-state index in [9.17, 15) is 15.4 Å². The molecule has 5 nitrogen and oxygen atoms in total. The lowest BCUT2D eigenvalue weighted by atomic mass is 10.0. The van der Waals surface area contributed by atoms with Crippen LogP contribution in [0, 0.1) is 33.8 Å². The Morgan fingerprint density at radius 3 is 2.62 bits per heavy atom. The molecule has 0 spiro atoms. The summed E-state index contributed by atoms with van der Waals surface area (Å²) in [4.78, 5) is 10.5. The number of allylic oxidation sites excluding steroid dienone is 1. The molecule has 0 atom stereocenters.